The molecule has 0 bridgehead atoms. The topological polar surface area (TPSA) is 367 Å². The number of aromatic hydroxyl groups is 1. The normalized spacial score (nSPS) is 12.7. The predicted octanol–water partition coefficient (Wildman–Crippen LogP) is 7.87. The molecule has 0 heterocycles. The second-order valence-electron chi connectivity index (χ2n) is 26.1. The Morgan fingerprint density at radius 1 is 0.419 bits per heavy atom. The molecule has 0 fully saturated rings. The van der Waals surface area contributed by atoms with Crippen molar-refractivity contribution >= 4 is 70.6 Å². The third kappa shape index (κ3) is 38.4. The van der Waals surface area contributed by atoms with Crippen molar-refractivity contribution in [3.05, 3.63) is 167 Å². The first kappa shape index (κ1) is 87.4. The fourth-order valence-corrected chi connectivity index (χ4v) is 10.6. The number of carboxylic acid groups (broad SMARTS) is 1. The molecule has 0 aromatic heterocycles. The summed E-state index contributed by atoms with van der Waals surface area (Å²) in [6.07, 6.45) is -2.76. The van der Waals surface area contributed by atoms with Crippen LogP contribution in [-0.2, 0) is 123 Å². The number of ketones is 4. The number of nitrogens with one attached hydrogen (secondary N) is 4. The Kier molecular flexibility index (Phi) is 40.6. The average molecular weight is 1460 g/mol. The van der Waals surface area contributed by atoms with Crippen molar-refractivity contribution in [1.82, 2.24) is 21.3 Å². The van der Waals surface area contributed by atoms with Crippen LogP contribution in [-0.4, -0.2) is 165 Å². The van der Waals surface area contributed by atoms with Crippen molar-refractivity contribution in [3.8, 4) is 11.5 Å². The standard InChI is InChI=1S/C45H58N2O11.C34H44N2O11/c1-32(48)26-36(27-33-16-18-38(19-17-33)56-30-34-12-8-6-9-13-34)44(53)47-39(20-21-41(50)57-31-35-14-10-7-11-15-35)40(49)28-37(29-42(51)58-45(2,3)4)43(52)46-22-23-55-25-24-54-5;1-23(37)18-26(19-24-8-10-28(38)11-9-24)34(44)36-29(12-13-32(42)47-22-25-6-4-3-5-7-25)30(39)20-27(21-31(40)41)33(43)35-14-15-46-17-16-45-2/h6-19,36-37,39H,20-31H2,1-5H3,(H,46,52)(H,47,53);3-11,26-27,29,38H,12-22H2,1-2H3,(H,35,43)(H,36,44)(H,40,41)/t36-,37-,39+;26-,27-,29+/m00/s1. The summed E-state index contributed by atoms with van der Waals surface area (Å²) in [6.45, 7) is 10.1. The summed E-state index contributed by atoms with van der Waals surface area (Å²) in [5.74, 6) is -10.9. The van der Waals surface area contributed by atoms with E-state index < -0.39 is 126 Å². The summed E-state index contributed by atoms with van der Waals surface area (Å²) in [5.41, 5.74) is 3.14. The van der Waals surface area contributed by atoms with Crippen LogP contribution >= 0.6 is 0 Å². The number of aliphatic carboxylic acids is 1. The lowest BCUT2D eigenvalue weighted by atomic mass is 9.90. The Hall–Kier alpha value is -10.0. The molecule has 0 aliphatic heterocycles. The maximum absolute atomic E-state index is 14.1. The van der Waals surface area contributed by atoms with Crippen LogP contribution in [0.25, 0.3) is 0 Å². The van der Waals surface area contributed by atoms with Crippen LogP contribution in [0.4, 0.5) is 0 Å². The first-order chi connectivity index (χ1) is 50.2. The smallest absolute Gasteiger partial charge is 0.307 e. The maximum Gasteiger partial charge on any atom is 0.307 e. The van der Waals surface area contributed by atoms with Gasteiger partial charge in [0, 0.05) is 77.7 Å². The molecule has 0 radical (unpaired) electrons. The van der Waals surface area contributed by atoms with Gasteiger partial charge >= 0.3 is 23.9 Å². The second kappa shape index (κ2) is 48.8. The molecule has 5 aromatic carbocycles. The largest absolute Gasteiger partial charge is 0.508 e. The summed E-state index contributed by atoms with van der Waals surface area (Å²) in [5, 5.41) is 29.7. The van der Waals surface area contributed by atoms with E-state index in [0.29, 0.717) is 44.3 Å². The molecule has 105 heavy (non-hydrogen) atoms. The van der Waals surface area contributed by atoms with E-state index in [4.69, 9.17) is 37.9 Å². The molecule has 6 N–H and O–H groups in total. The molecule has 4 amide bonds. The van der Waals surface area contributed by atoms with E-state index in [9.17, 15) is 67.7 Å². The highest BCUT2D eigenvalue weighted by molar-refractivity contribution is 5.96. The quantitative estimate of drug-likeness (QED) is 0.0122. The summed E-state index contributed by atoms with van der Waals surface area (Å²) in [6, 6.07) is 38.6. The van der Waals surface area contributed by atoms with Crippen LogP contribution < -0.4 is 26.0 Å². The highest BCUT2D eigenvalue weighted by atomic mass is 16.6. The van der Waals surface area contributed by atoms with E-state index in [0.717, 1.165) is 22.3 Å². The minimum Gasteiger partial charge on any atom is -0.508 e. The molecule has 0 aliphatic carbocycles. The number of hydrogen-bond acceptors (Lipinski definition) is 21. The minimum atomic E-state index is -1.30. The predicted molar refractivity (Wildman–Crippen MR) is 385 cm³/mol. The number of esters is 3. The number of hydrogen-bond donors (Lipinski definition) is 6. The van der Waals surface area contributed by atoms with Gasteiger partial charge in [-0.15, -0.1) is 0 Å². The van der Waals surface area contributed by atoms with E-state index in [1.165, 1.54) is 33.1 Å². The highest BCUT2D eigenvalue weighted by Crippen LogP contribution is 2.24. The number of phenolic OH excluding ortho intramolecular Hbond substituents is 1. The number of Topliss-reactive ketones (excluding diaryl/α,β-unsaturated/α-hetero) is 4. The van der Waals surface area contributed by atoms with Crippen LogP contribution in [0.5, 0.6) is 11.5 Å². The lowest BCUT2D eigenvalue weighted by Crippen LogP contribution is -2.46. The molecule has 6 atom stereocenters. The van der Waals surface area contributed by atoms with E-state index in [2.05, 4.69) is 21.3 Å². The SMILES string of the molecule is COCCOCCNC(=O)[C@H](CC(=O)O)CC(=O)[C@@H](CCC(=O)OCc1ccccc1)NC(=O)[C@@H](CC(C)=O)Cc1ccc(O)cc1.COCCOCCNC(=O)[C@H](CC(=O)OC(C)(C)C)CC(=O)[C@@H](CCC(=O)OCc1ccccc1)NC(=O)[C@@H](CC(C)=O)Cc1ccc(OCc2ccccc2)cc1. The molecule has 0 saturated carbocycles. The van der Waals surface area contributed by atoms with E-state index in [1.807, 2.05) is 78.9 Å². The Balaban J connectivity index is 0.000000455. The number of ether oxygens (including phenoxy) is 8. The van der Waals surface area contributed by atoms with E-state index in [1.54, 1.807) is 76.4 Å². The monoisotopic (exact) mass is 1460 g/mol. The summed E-state index contributed by atoms with van der Waals surface area (Å²) in [4.78, 5) is 156. The summed E-state index contributed by atoms with van der Waals surface area (Å²) in [7, 11) is 3.06. The fourth-order valence-electron chi connectivity index (χ4n) is 10.6. The van der Waals surface area contributed by atoms with Gasteiger partial charge in [-0.3, -0.25) is 47.9 Å². The maximum atomic E-state index is 14.1. The van der Waals surface area contributed by atoms with E-state index >= 15 is 0 Å². The summed E-state index contributed by atoms with van der Waals surface area (Å²) < 4.78 is 42.7. The molecular formula is C79H102N4O22. The van der Waals surface area contributed by atoms with Gasteiger partial charge in [0.25, 0.3) is 0 Å². The zero-order valence-corrected chi connectivity index (χ0v) is 61.1. The summed E-state index contributed by atoms with van der Waals surface area (Å²) >= 11 is 0. The third-order valence-corrected chi connectivity index (χ3v) is 15.9. The number of amides is 4. The number of carboxylic acids is 1. The van der Waals surface area contributed by atoms with Crippen molar-refractivity contribution in [3.63, 3.8) is 0 Å². The van der Waals surface area contributed by atoms with Gasteiger partial charge in [0.2, 0.25) is 23.6 Å². The van der Waals surface area contributed by atoms with Crippen LogP contribution in [0.2, 0.25) is 0 Å². The number of phenols is 1. The van der Waals surface area contributed by atoms with Gasteiger partial charge in [0.15, 0.2) is 11.6 Å². The van der Waals surface area contributed by atoms with Crippen molar-refractivity contribution in [2.45, 2.75) is 149 Å². The molecule has 0 unspecified atom stereocenters. The number of rotatable bonds is 49. The highest BCUT2D eigenvalue weighted by Gasteiger charge is 2.35. The lowest BCUT2D eigenvalue weighted by molar-refractivity contribution is -0.157. The van der Waals surface area contributed by atoms with Crippen LogP contribution in [0.1, 0.15) is 127 Å². The van der Waals surface area contributed by atoms with Crippen molar-refractivity contribution < 1.29 is 106 Å². The first-order valence-corrected chi connectivity index (χ1v) is 34.9. The molecule has 570 valence electrons. The van der Waals surface area contributed by atoms with Crippen LogP contribution in [0.15, 0.2) is 140 Å². The minimum absolute atomic E-state index is 0.00794. The number of benzene rings is 5. The first-order valence-electron chi connectivity index (χ1n) is 34.9. The average Bonchev–Trinajstić information content (AvgIpc) is 0.868. The Labute approximate surface area is 613 Å². The van der Waals surface area contributed by atoms with Crippen molar-refractivity contribution in [2.75, 3.05) is 67.0 Å². The lowest BCUT2D eigenvalue weighted by Gasteiger charge is -2.25. The Morgan fingerprint density at radius 3 is 1.19 bits per heavy atom. The molecule has 26 nitrogen and oxygen atoms in total. The van der Waals surface area contributed by atoms with Gasteiger partial charge in [0.05, 0.1) is 76.4 Å². The molecule has 0 spiro atoms. The molecule has 5 rings (SSSR count). The van der Waals surface area contributed by atoms with Crippen molar-refractivity contribution in [1.29, 1.82) is 0 Å². The van der Waals surface area contributed by atoms with Crippen LogP contribution in [0, 0.1) is 23.7 Å². The number of methoxy groups -OCH3 is 2. The number of carbonyl (C=O) groups excluding carboxylic acids is 11. The fraction of sp³-hybridized carbons (Fsp3) is 0.468. The zero-order valence-electron chi connectivity index (χ0n) is 61.1. The van der Waals surface area contributed by atoms with Crippen molar-refractivity contribution in [2.24, 2.45) is 23.7 Å². The van der Waals surface area contributed by atoms with Crippen LogP contribution in [0.3, 0.4) is 0 Å². The Morgan fingerprint density at radius 2 is 0.810 bits per heavy atom. The molecule has 0 saturated heterocycles. The second-order valence-corrected chi connectivity index (χ2v) is 26.1. The van der Waals surface area contributed by atoms with Gasteiger partial charge in [0.1, 0.15) is 48.5 Å². The van der Waals surface area contributed by atoms with Gasteiger partial charge in [-0.1, -0.05) is 115 Å². The van der Waals surface area contributed by atoms with Gasteiger partial charge in [-0.25, -0.2) is 0 Å². The third-order valence-electron chi connectivity index (χ3n) is 15.9. The molecule has 5 aromatic rings. The van der Waals surface area contributed by atoms with Gasteiger partial charge in [-0.05, 0) is 112 Å². The number of carbonyl (C=O) groups is 12. The van der Waals surface area contributed by atoms with Gasteiger partial charge < -0.3 is 79.0 Å². The molecular weight excluding hydrogens is 1360 g/mol. The zero-order chi connectivity index (χ0) is 76.9. The van der Waals surface area contributed by atoms with E-state index in [-0.39, 0.29) is 108 Å². The van der Waals surface area contributed by atoms with Gasteiger partial charge in [-0.2, -0.15) is 0 Å². The molecule has 26 heteroatoms. The Bertz CT molecular complexity index is 3510. The molecule has 0 aliphatic rings.